The van der Waals surface area contributed by atoms with Gasteiger partial charge in [0.1, 0.15) is 12.4 Å². The van der Waals surface area contributed by atoms with Crippen LogP contribution in [0.15, 0.2) is 18.2 Å². The summed E-state index contributed by atoms with van der Waals surface area (Å²) in [6.07, 6.45) is 0. The predicted molar refractivity (Wildman–Crippen MR) is 75.2 cm³/mol. The topological polar surface area (TPSA) is 70.0 Å². The van der Waals surface area contributed by atoms with E-state index in [-0.39, 0.29) is 36.8 Å². The highest BCUT2D eigenvalue weighted by Crippen LogP contribution is 2.13. The largest absolute Gasteiger partial charge is 0.395 e. The summed E-state index contributed by atoms with van der Waals surface area (Å²) in [4.78, 5) is 13.8. The van der Waals surface area contributed by atoms with E-state index in [0.717, 1.165) is 6.07 Å². The van der Waals surface area contributed by atoms with Crippen molar-refractivity contribution < 1.29 is 24.1 Å². The molecule has 1 amide bonds. The van der Waals surface area contributed by atoms with Crippen molar-refractivity contribution >= 4 is 5.91 Å². The molecule has 114 valence electrons. The van der Waals surface area contributed by atoms with Crippen LogP contribution in [0, 0.1) is 17.7 Å². The number of carbonyl (C=O) groups excluding carboxylic acids is 1. The molecule has 6 heteroatoms. The molecule has 0 saturated carbocycles. The number of ether oxygens (including phenoxy) is 1. The highest BCUT2D eigenvalue weighted by molar-refractivity contribution is 5.96. The number of hydrogen-bond donors (Lipinski definition) is 2. The van der Waals surface area contributed by atoms with E-state index >= 15 is 0 Å². The van der Waals surface area contributed by atoms with E-state index in [9.17, 15) is 9.18 Å². The number of methoxy groups -OCH3 is 1. The van der Waals surface area contributed by atoms with Gasteiger partial charge >= 0.3 is 0 Å². The molecule has 0 saturated heterocycles. The first-order valence-corrected chi connectivity index (χ1v) is 6.42. The van der Waals surface area contributed by atoms with Crippen LogP contribution in [0.25, 0.3) is 0 Å². The van der Waals surface area contributed by atoms with Crippen LogP contribution in [0.3, 0.4) is 0 Å². The van der Waals surface area contributed by atoms with Gasteiger partial charge in [-0.2, -0.15) is 0 Å². The van der Waals surface area contributed by atoms with Crippen molar-refractivity contribution in [1.29, 1.82) is 0 Å². The van der Waals surface area contributed by atoms with Gasteiger partial charge in [0.2, 0.25) is 0 Å². The minimum absolute atomic E-state index is 0.145. The number of halogens is 1. The summed E-state index contributed by atoms with van der Waals surface area (Å²) in [5, 5.41) is 17.8. The van der Waals surface area contributed by atoms with Gasteiger partial charge in [-0.3, -0.25) is 4.79 Å². The number of aliphatic hydroxyl groups excluding tert-OH is 2. The SMILES string of the molecule is COCCN(CCO)C(=O)c1ccc(F)cc1C#CCO. The van der Waals surface area contributed by atoms with Gasteiger partial charge in [0.15, 0.2) is 0 Å². The van der Waals surface area contributed by atoms with E-state index in [4.69, 9.17) is 14.9 Å². The summed E-state index contributed by atoms with van der Waals surface area (Å²) in [7, 11) is 1.51. The Morgan fingerprint density at radius 2 is 2.14 bits per heavy atom. The van der Waals surface area contributed by atoms with Gasteiger partial charge in [0.25, 0.3) is 5.91 Å². The second-order valence-corrected chi connectivity index (χ2v) is 4.16. The van der Waals surface area contributed by atoms with Gasteiger partial charge in [0, 0.05) is 25.8 Å². The molecule has 0 aliphatic carbocycles. The van der Waals surface area contributed by atoms with Crippen LogP contribution in [0.2, 0.25) is 0 Å². The lowest BCUT2D eigenvalue weighted by Gasteiger charge is -2.22. The molecule has 21 heavy (non-hydrogen) atoms. The molecule has 2 N–H and O–H groups in total. The molecular formula is C15H18FNO4. The third kappa shape index (κ3) is 5.16. The third-order valence-corrected chi connectivity index (χ3v) is 2.74. The number of rotatable bonds is 6. The van der Waals surface area contributed by atoms with Crippen LogP contribution >= 0.6 is 0 Å². The molecule has 0 heterocycles. The average Bonchev–Trinajstić information content (AvgIpc) is 2.48. The molecule has 0 aromatic heterocycles. The molecule has 0 atom stereocenters. The lowest BCUT2D eigenvalue weighted by molar-refractivity contribution is 0.0656. The van der Waals surface area contributed by atoms with Crippen LogP contribution in [0.1, 0.15) is 15.9 Å². The maximum absolute atomic E-state index is 13.3. The first-order valence-electron chi connectivity index (χ1n) is 6.42. The first-order chi connectivity index (χ1) is 10.1. The highest BCUT2D eigenvalue weighted by Gasteiger charge is 2.18. The summed E-state index contributed by atoms with van der Waals surface area (Å²) >= 11 is 0. The molecule has 1 aromatic carbocycles. The van der Waals surface area contributed by atoms with E-state index in [1.807, 2.05) is 0 Å². The Balaban J connectivity index is 3.08. The van der Waals surface area contributed by atoms with Gasteiger partial charge in [-0.05, 0) is 18.2 Å². The van der Waals surface area contributed by atoms with Crippen LogP contribution < -0.4 is 0 Å². The molecular weight excluding hydrogens is 277 g/mol. The second-order valence-electron chi connectivity index (χ2n) is 4.16. The van der Waals surface area contributed by atoms with Crippen LogP contribution in [-0.2, 0) is 4.74 Å². The molecule has 0 aliphatic heterocycles. The number of carbonyl (C=O) groups is 1. The minimum atomic E-state index is -0.514. The van der Waals surface area contributed by atoms with E-state index in [0.29, 0.717) is 13.2 Å². The molecule has 5 nitrogen and oxygen atoms in total. The van der Waals surface area contributed by atoms with E-state index in [2.05, 4.69) is 11.8 Å². The van der Waals surface area contributed by atoms with Gasteiger partial charge in [-0.25, -0.2) is 4.39 Å². The summed E-state index contributed by atoms with van der Waals surface area (Å²) in [5.41, 5.74) is 0.427. The molecule has 0 radical (unpaired) electrons. The Bertz CT molecular complexity index is 536. The summed E-state index contributed by atoms with van der Waals surface area (Å²) in [5.74, 6) is 4.07. The van der Waals surface area contributed by atoms with Crippen molar-refractivity contribution in [3.8, 4) is 11.8 Å². The Labute approximate surface area is 123 Å². The van der Waals surface area contributed by atoms with Crippen LogP contribution in [0.4, 0.5) is 4.39 Å². The predicted octanol–water partition coefficient (Wildman–Crippen LogP) is 0.250. The van der Waals surface area contributed by atoms with E-state index in [1.165, 1.54) is 24.1 Å². The minimum Gasteiger partial charge on any atom is -0.395 e. The second kappa shape index (κ2) is 9.08. The lowest BCUT2D eigenvalue weighted by Crippen LogP contribution is -2.36. The summed E-state index contributed by atoms with van der Waals surface area (Å²) < 4.78 is 18.2. The smallest absolute Gasteiger partial charge is 0.255 e. The Morgan fingerprint density at radius 1 is 1.38 bits per heavy atom. The zero-order valence-corrected chi connectivity index (χ0v) is 11.8. The van der Waals surface area contributed by atoms with E-state index < -0.39 is 5.82 Å². The van der Waals surface area contributed by atoms with Crippen molar-refractivity contribution in [1.82, 2.24) is 4.90 Å². The molecule has 0 unspecified atom stereocenters. The Hall–Kier alpha value is -1.94. The lowest BCUT2D eigenvalue weighted by atomic mass is 10.1. The number of nitrogens with zero attached hydrogens (tertiary/aromatic N) is 1. The van der Waals surface area contributed by atoms with Crippen molar-refractivity contribution in [2.24, 2.45) is 0 Å². The van der Waals surface area contributed by atoms with Crippen molar-refractivity contribution in [3.63, 3.8) is 0 Å². The Kier molecular flexibility index (Phi) is 7.40. The summed E-state index contributed by atoms with van der Waals surface area (Å²) in [6, 6.07) is 3.66. The van der Waals surface area contributed by atoms with Gasteiger partial charge in [-0.15, -0.1) is 0 Å². The third-order valence-electron chi connectivity index (χ3n) is 2.74. The van der Waals surface area contributed by atoms with Crippen molar-refractivity contribution in [2.75, 3.05) is 40.0 Å². The fraction of sp³-hybridized carbons (Fsp3) is 0.400. The van der Waals surface area contributed by atoms with Crippen LogP contribution in [0.5, 0.6) is 0 Å². The fourth-order valence-corrected chi connectivity index (χ4v) is 1.75. The average molecular weight is 295 g/mol. The number of amides is 1. The summed E-state index contributed by atoms with van der Waals surface area (Å²) in [6.45, 7) is 0.208. The highest BCUT2D eigenvalue weighted by atomic mass is 19.1. The molecule has 1 rings (SSSR count). The molecule has 0 spiro atoms. The number of aliphatic hydroxyl groups is 2. The maximum atomic E-state index is 13.3. The van der Waals surface area contributed by atoms with Gasteiger partial charge in [-0.1, -0.05) is 11.8 Å². The zero-order valence-electron chi connectivity index (χ0n) is 11.8. The van der Waals surface area contributed by atoms with Crippen LogP contribution in [-0.4, -0.2) is 61.0 Å². The zero-order chi connectivity index (χ0) is 15.7. The maximum Gasteiger partial charge on any atom is 0.255 e. The van der Waals surface area contributed by atoms with Crippen molar-refractivity contribution in [3.05, 3.63) is 35.1 Å². The van der Waals surface area contributed by atoms with E-state index in [1.54, 1.807) is 0 Å². The van der Waals surface area contributed by atoms with Gasteiger partial charge < -0.3 is 19.8 Å². The molecule has 0 bridgehead atoms. The fourth-order valence-electron chi connectivity index (χ4n) is 1.75. The Morgan fingerprint density at radius 3 is 2.76 bits per heavy atom. The number of benzene rings is 1. The number of hydrogen-bond acceptors (Lipinski definition) is 4. The molecule has 0 aliphatic rings. The molecule has 1 aromatic rings. The standard InChI is InChI=1S/C15H18FNO4/c1-21-10-7-17(6-9-19)15(20)14-5-4-13(16)11-12(14)3-2-8-18/h4-5,11,18-19H,6-10H2,1H3. The first kappa shape index (κ1) is 17.1. The van der Waals surface area contributed by atoms with Gasteiger partial charge in [0.05, 0.1) is 18.8 Å². The van der Waals surface area contributed by atoms with Crippen molar-refractivity contribution in [2.45, 2.75) is 0 Å². The normalized spacial score (nSPS) is 9.90. The quantitative estimate of drug-likeness (QED) is 0.738. The molecule has 0 fully saturated rings. The monoisotopic (exact) mass is 295 g/mol.